The lowest BCUT2D eigenvalue weighted by atomic mass is 10.1. The fraction of sp³-hybridized carbons (Fsp3) is 0.300. The predicted molar refractivity (Wildman–Crippen MR) is 51.0 cm³/mol. The molecule has 1 aliphatic rings. The van der Waals surface area contributed by atoms with Crippen molar-refractivity contribution in [1.29, 1.82) is 0 Å². The van der Waals surface area contributed by atoms with E-state index in [4.69, 9.17) is 10.5 Å². The van der Waals surface area contributed by atoms with Gasteiger partial charge in [-0.05, 0) is 18.2 Å². The van der Waals surface area contributed by atoms with Crippen LogP contribution in [0.5, 0.6) is 5.75 Å². The van der Waals surface area contributed by atoms with Crippen LogP contribution >= 0.6 is 0 Å². The van der Waals surface area contributed by atoms with Crippen molar-refractivity contribution in [1.82, 2.24) is 0 Å². The Labute approximate surface area is 81.6 Å². The minimum absolute atomic E-state index is 0.347. The van der Waals surface area contributed by atoms with Crippen molar-refractivity contribution >= 4 is 11.7 Å². The Morgan fingerprint density at radius 3 is 3.14 bits per heavy atom. The fourth-order valence-corrected chi connectivity index (χ4v) is 1.53. The molecular formula is C10H11NO3. The lowest BCUT2D eigenvalue weighted by Gasteiger charge is -2.06. The van der Waals surface area contributed by atoms with Crippen LogP contribution in [0.15, 0.2) is 18.2 Å². The first kappa shape index (κ1) is 8.87. The highest BCUT2D eigenvalue weighted by Crippen LogP contribution is 2.30. The van der Waals surface area contributed by atoms with Gasteiger partial charge in [-0.3, -0.25) is 0 Å². The number of nitrogen functional groups attached to an aromatic ring is 1. The second-order valence-corrected chi connectivity index (χ2v) is 3.20. The zero-order chi connectivity index (χ0) is 10.1. The number of carbonyl (C=O) groups excluding carboxylic acids is 1. The van der Waals surface area contributed by atoms with Crippen molar-refractivity contribution in [2.75, 3.05) is 12.8 Å². The summed E-state index contributed by atoms with van der Waals surface area (Å²) in [5.41, 5.74) is 7.25. The molecule has 0 amide bonds. The Balaban J connectivity index is 2.22. The van der Waals surface area contributed by atoms with E-state index in [1.807, 2.05) is 6.07 Å². The number of methoxy groups -OCH3 is 1. The summed E-state index contributed by atoms with van der Waals surface area (Å²) < 4.78 is 9.98. The van der Waals surface area contributed by atoms with E-state index < -0.39 is 6.10 Å². The van der Waals surface area contributed by atoms with Gasteiger partial charge >= 0.3 is 5.97 Å². The Morgan fingerprint density at radius 1 is 1.64 bits per heavy atom. The zero-order valence-corrected chi connectivity index (χ0v) is 7.82. The van der Waals surface area contributed by atoms with Gasteiger partial charge in [0, 0.05) is 17.7 Å². The summed E-state index contributed by atoms with van der Waals surface area (Å²) in [6.07, 6.45) is 0.0179. The van der Waals surface area contributed by atoms with Crippen LogP contribution in [0.25, 0.3) is 0 Å². The van der Waals surface area contributed by atoms with E-state index >= 15 is 0 Å². The number of anilines is 1. The third kappa shape index (κ3) is 1.39. The van der Waals surface area contributed by atoms with E-state index in [2.05, 4.69) is 4.74 Å². The van der Waals surface area contributed by atoms with Gasteiger partial charge in [0.25, 0.3) is 0 Å². The summed E-state index contributed by atoms with van der Waals surface area (Å²) in [5.74, 6) is 0.370. The first-order valence-corrected chi connectivity index (χ1v) is 4.33. The molecule has 1 aromatic rings. The molecular weight excluding hydrogens is 182 g/mol. The summed E-state index contributed by atoms with van der Waals surface area (Å²) in [6.45, 7) is 0. The Hall–Kier alpha value is -1.71. The molecule has 0 saturated carbocycles. The summed E-state index contributed by atoms with van der Waals surface area (Å²) in [6, 6.07) is 5.34. The van der Waals surface area contributed by atoms with Crippen molar-refractivity contribution in [3.63, 3.8) is 0 Å². The minimum atomic E-state index is -0.517. The number of hydrogen-bond donors (Lipinski definition) is 1. The molecule has 14 heavy (non-hydrogen) atoms. The summed E-state index contributed by atoms with van der Waals surface area (Å²) in [4.78, 5) is 11.2. The first-order valence-electron chi connectivity index (χ1n) is 4.33. The van der Waals surface area contributed by atoms with Gasteiger partial charge in [-0.1, -0.05) is 0 Å². The summed E-state index contributed by atoms with van der Waals surface area (Å²) in [5, 5.41) is 0. The van der Waals surface area contributed by atoms with E-state index in [1.54, 1.807) is 12.1 Å². The first-order chi connectivity index (χ1) is 6.70. The van der Waals surface area contributed by atoms with Gasteiger partial charge in [0.15, 0.2) is 6.10 Å². The number of hydrogen-bond acceptors (Lipinski definition) is 4. The topological polar surface area (TPSA) is 61.5 Å². The maximum Gasteiger partial charge on any atom is 0.347 e. The quantitative estimate of drug-likeness (QED) is 0.528. The van der Waals surface area contributed by atoms with Crippen molar-refractivity contribution in [2.24, 2.45) is 0 Å². The van der Waals surface area contributed by atoms with Crippen molar-refractivity contribution < 1.29 is 14.3 Å². The van der Waals surface area contributed by atoms with Crippen LogP contribution in [0.2, 0.25) is 0 Å². The number of ether oxygens (including phenoxy) is 2. The predicted octanol–water partition coefficient (Wildman–Crippen LogP) is 0.745. The molecule has 1 atom stereocenters. The van der Waals surface area contributed by atoms with Crippen LogP contribution < -0.4 is 10.5 Å². The van der Waals surface area contributed by atoms with Crippen LogP contribution in [0.1, 0.15) is 5.56 Å². The highest BCUT2D eigenvalue weighted by Gasteiger charge is 2.29. The van der Waals surface area contributed by atoms with Gasteiger partial charge < -0.3 is 15.2 Å². The maximum atomic E-state index is 11.2. The van der Waals surface area contributed by atoms with Gasteiger partial charge in [-0.2, -0.15) is 0 Å². The number of carbonyl (C=O) groups is 1. The van der Waals surface area contributed by atoms with E-state index in [0.29, 0.717) is 12.1 Å². The fourth-order valence-electron chi connectivity index (χ4n) is 1.53. The minimum Gasteiger partial charge on any atom is -0.478 e. The Morgan fingerprint density at radius 2 is 2.43 bits per heavy atom. The van der Waals surface area contributed by atoms with Gasteiger partial charge in [-0.25, -0.2) is 4.79 Å². The van der Waals surface area contributed by atoms with Crippen molar-refractivity contribution in [3.05, 3.63) is 23.8 Å². The average molecular weight is 193 g/mol. The summed E-state index contributed by atoms with van der Waals surface area (Å²) in [7, 11) is 1.35. The van der Waals surface area contributed by atoms with Gasteiger partial charge in [-0.15, -0.1) is 0 Å². The zero-order valence-electron chi connectivity index (χ0n) is 7.82. The largest absolute Gasteiger partial charge is 0.478 e. The number of fused-ring (bicyclic) bond motifs is 1. The highest BCUT2D eigenvalue weighted by atomic mass is 16.6. The molecule has 0 spiro atoms. The second kappa shape index (κ2) is 3.21. The van der Waals surface area contributed by atoms with Gasteiger partial charge in [0.1, 0.15) is 5.75 Å². The molecule has 0 radical (unpaired) electrons. The number of esters is 1. The van der Waals surface area contributed by atoms with Crippen LogP contribution in [0.4, 0.5) is 5.69 Å². The van der Waals surface area contributed by atoms with E-state index in [1.165, 1.54) is 7.11 Å². The molecule has 0 saturated heterocycles. The lowest BCUT2D eigenvalue weighted by molar-refractivity contribution is -0.147. The van der Waals surface area contributed by atoms with Gasteiger partial charge in [0.2, 0.25) is 0 Å². The standard InChI is InChI=1S/C10H11NO3/c1-13-10(12)9-5-6-4-7(11)2-3-8(6)14-9/h2-4,9H,5,11H2,1H3/t9-/m0/s1. The summed E-state index contributed by atoms with van der Waals surface area (Å²) >= 11 is 0. The van der Waals surface area contributed by atoms with E-state index in [-0.39, 0.29) is 5.97 Å². The molecule has 74 valence electrons. The lowest BCUT2D eigenvalue weighted by Crippen LogP contribution is -2.26. The molecule has 4 heteroatoms. The van der Waals surface area contributed by atoms with Crippen LogP contribution in [0.3, 0.4) is 0 Å². The molecule has 4 nitrogen and oxygen atoms in total. The van der Waals surface area contributed by atoms with Crippen LogP contribution in [-0.4, -0.2) is 19.2 Å². The average Bonchev–Trinajstić information content (AvgIpc) is 2.59. The van der Waals surface area contributed by atoms with Crippen LogP contribution in [-0.2, 0) is 16.0 Å². The molecule has 0 unspecified atom stereocenters. The molecule has 1 aromatic carbocycles. The van der Waals surface area contributed by atoms with E-state index in [9.17, 15) is 4.79 Å². The van der Waals surface area contributed by atoms with Crippen molar-refractivity contribution in [2.45, 2.75) is 12.5 Å². The molecule has 0 bridgehead atoms. The number of nitrogens with two attached hydrogens (primary N) is 1. The molecule has 0 fully saturated rings. The Bertz CT molecular complexity index is 376. The third-order valence-corrected chi connectivity index (χ3v) is 2.22. The number of benzene rings is 1. The molecule has 0 aliphatic carbocycles. The van der Waals surface area contributed by atoms with E-state index in [0.717, 1.165) is 11.3 Å². The second-order valence-electron chi connectivity index (χ2n) is 3.20. The van der Waals surface area contributed by atoms with Crippen molar-refractivity contribution in [3.8, 4) is 5.75 Å². The molecule has 1 aliphatic heterocycles. The molecule has 1 heterocycles. The molecule has 2 rings (SSSR count). The third-order valence-electron chi connectivity index (χ3n) is 2.22. The SMILES string of the molecule is COC(=O)[C@@H]1Cc2cc(N)ccc2O1. The van der Waals surface area contributed by atoms with Crippen LogP contribution in [0, 0.1) is 0 Å². The molecule has 2 N–H and O–H groups in total. The monoisotopic (exact) mass is 193 g/mol. The van der Waals surface area contributed by atoms with Gasteiger partial charge in [0.05, 0.1) is 7.11 Å². The number of rotatable bonds is 1. The maximum absolute atomic E-state index is 11.2. The Kier molecular flexibility index (Phi) is 2.04. The highest BCUT2D eigenvalue weighted by molar-refractivity contribution is 5.77. The normalized spacial score (nSPS) is 18.5. The molecule has 0 aromatic heterocycles. The smallest absolute Gasteiger partial charge is 0.347 e.